The molecule has 2 rings (SSSR count). The van der Waals surface area contributed by atoms with E-state index in [0.717, 1.165) is 32.5 Å². The highest BCUT2D eigenvalue weighted by Gasteiger charge is 2.18. The zero-order valence-electron chi connectivity index (χ0n) is 11.2. The SMILES string of the molecule is COC1CCN(CCNC(=O)c2cnccn2)CC1. The summed E-state index contributed by atoms with van der Waals surface area (Å²) in [6.07, 6.45) is 7.06. The van der Waals surface area contributed by atoms with E-state index in [9.17, 15) is 4.79 Å². The number of nitrogens with one attached hydrogen (secondary N) is 1. The predicted octanol–water partition coefficient (Wildman–Crippen LogP) is 0.317. The molecule has 1 N–H and O–H groups in total. The van der Waals surface area contributed by atoms with Gasteiger partial charge in [-0.25, -0.2) is 4.98 Å². The van der Waals surface area contributed by atoms with E-state index in [0.29, 0.717) is 18.3 Å². The lowest BCUT2D eigenvalue weighted by Gasteiger charge is -2.31. The molecular weight excluding hydrogens is 244 g/mol. The highest BCUT2D eigenvalue weighted by Crippen LogP contribution is 2.11. The van der Waals surface area contributed by atoms with E-state index >= 15 is 0 Å². The van der Waals surface area contributed by atoms with Gasteiger partial charge in [0, 0.05) is 45.7 Å². The molecule has 1 saturated heterocycles. The summed E-state index contributed by atoms with van der Waals surface area (Å²) in [4.78, 5) is 21.9. The molecule has 0 aliphatic carbocycles. The third-order valence-electron chi connectivity index (χ3n) is 3.38. The molecule has 0 unspecified atom stereocenters. The van der Waals surface area contributed by atoms with Crippen molar-refractivity contribution in [3.05, 3.63) is 24.3 Å². The van der Waals surface area contributed by atoms with Gasteiger partial charge < -0.3 is 15.0 Å². The van der Waals surface area contributed by atoms with Gasteiger partial charge in [0.15, 0.2) is 0 Å². The average molecular weight is 264 g/mol. The molecule has 1 aliphatic rings. The predicted molar refractivity (Wildman–Crippen MR) is 70.8 cm³/mol. The summed E-state index contributed by atoms with van der Waals surface area (Å²) in [5.74, 6) is -0.167. The Morgan fingerprint density at radius 1 is 1.47 bits per heavy atom. The summed E-state index contributed by atoms with van der Waals surface area (Å²) in [7, 11) is 1.77. The number of ether oxygens (including phenoxy) is 1. The van der Waals surface area contributed by atoms with Crippen LogP contribution in [0.2, 0.25) is 0 Å². The average Bonchev–Trinajstić information content (AvgIpc) is 2.49. The van der Waals surface area contributed by atoms with Crippen molar-refractivity contribution >= 4 is 5.91 Å². The lowest BCUT2D eigenvalue weighted by molar-refractivity contribution is 0.0413. The molecule has 2 heterocycles. The maximum atomic E-state index is 11.7. The number of hydrogen-bond acceptors (Lipinski definition) is 5. The Bertz CT molecular complexity index is 391. The summed E-state index contributed by atoms with van der Waals surface area (Å²) in [5.41, 5.74) is 0.362. The highest BCUT2D eigenvalue weighted by molar-refractivity contribution is 5.91. The lowest BCUT2D eigenvalue weighted by atomic mass is 10.1. The first-order valence-electron chi connectivity index (χ1n) is 6.59. The highest BCUT2D eigenvalue weighted by atomic mass is 16.5. The first-order chi connectivity index (χ1) is 9.29. The van der Waals surface area contributed by atoms with Crippen LogP contribution >= 0.6 is 0 Å². The van der Waals surface area contributed by atoms with Crippen LogP contribution in [-0.4, -0.2) is 60.2 Å². The maximum Gasteiger partial charge on any atom is 0.271 e. The van der Waals surface area contributed by atoms with Crippen LogP contribution < -0.4 is 5.32 Å². The smallest absolute Gasteiger partial charge is 0.271 e. The molecule has 1 aliphatic heterocycles. The van der Waals surface area contributed by atoms with Gasteiger partial charge in [-0.05, 0) is 12.8 Å². The fourth-order valence-corrected chi connectivity index (χ4v) is 2.20. The largest absolute Gasteiger partial charge is 0.381 e. The van der Waals surface area contributed by atoms with Crippen molar-refractivity contribution in [3.8, 4) is 0 Å². The molecule has 0 aromatic carbocycles. The second kappa shape index (κ2) is 7.16. The third kappa shape index (κ3) is 4.25. The number of rotatable bonds is 5. The van der Waals surface area contributed by atoms with E-state index in [4.69, 9.17) is 4.74 Å². The van der Waals surface area contributed by atoms with Gasteiger partial charge in [0.2, 0.25) is 0 Å². The van der Waals surface area contributed by atoms with Crippen LogP contribution in [0.1, 0.15) is 23.3 Å². The molecule has 6 heteroatoms. The van der Waals surface area contributed by atoms with Gasteiger partial charge in [0.25, 0.3) is 5.91 Å². The van der Waals surface area contributed by atoms with Crippen molar-refractivity contribution in [1.82, 2.24) is 20.2 Å². The maximum absolute atomic E-state index is 11.7. The van der Waals surface area contributed by atoms with E-state index < -0.39 is 0 Å². The molecule has 1 aromatic heterocycles. The second-order valence-electron chi connectivity index (χ2n) is 4.62. The minimum atomic E-state index is -0.167. The van der Waals surface area contributed by atoms with Gasteiger partial charge in [-0.1, -0.05) is 0 Å². The molecule has 0 spiro atoms. The van der Waals surface area contributed by atoms with E-state index in [1.807, 2.05) is 0 Å². The molecule has 0 radical (unpaired) electrons. The van der Waals surface area contributed by atoms with Gasteiger partial charge in [0.05, 0.1) is 12.3 Å². The van der Waals surface area contributed by atoms with Crippen LogP contribution in [-0.2, 0) is 4.74 Å². The first-order valence-corrected chi connectivity index (χ1v) is 6.59. The van der Waals surface area contributed by atoms with Crippen LogP contribution in [0, 0.1) is 0 Å². The summed E-state index contributed by atoms with van der Waals surface area (Å²) < 4.78 is 5.33. The quantitative estimate of drug-likeness (QED) is 0.829. The molecule has 104 valence electrons. The van der Waals surface area contributed by atoms with Crippen molar-refractivity contribution in [2.24, 2.45) is 0 Å². The van der Waals surface area contributed by atoms with Crippen LogP contribution in [0.4, 0.5) is 0 Å². The zero-order valence-corrected chi connectivity index (χ0v) is 11.2. The molecular formula is C13H20N4O2. The Hall–Kier alpha value is -1.53. The number of amides is 1. The Balaban J connectivity index is 1.66. The summed E-state index contributed by atoms with van der Waals surface area (Å²) in [6.45, 7) is 3.55. The summed E-state index contributed by atoms with van der Waals surface area (Å²) in [6, 6.07) is 0. The minimum Gasteiger partial charge on any atom is -0.381 e. The Kier molecular flexibility index (Phi) is 5.23. The van der Waals surface area contributed by atoms with Crippen LogP contribution in [0.15, 0.2) is 18.6 Å². The van der Waals surface area contributed by atoms with E-state index in [2.05, 4.69) is 20.2 Å². The topological polar surface area (TPSA) is 67.3 Å². The monoisotopic (exact) mass is 264 g/mol. The van der Waals surface area contributed by atoms with Crippen molar-refractivity contribution in [3.63, 3.8) is 0 Å². The first kappa shape index (κ1) is 13.9. The second-order valence-corrected chi connectivity index (χ2v) is 4.62. The lowest BCUT2D eigenvalue weighted by Crippen LogP contribution is -2.41. The molecule has 0 bridgehead atoms. The minimum absolute atomic E-state index is 0.167. The van der Waals surface area contributed by atoms with Crippen molar-refractivity contribution in [2.75, 3.05) is 33.3 Å². The fraction of sp³-hybridized carbons (Fsp3) is 0.615. The molecule has 1 amide bonds. The molecule has 19 heavy (non-hydrogen) atoms. The number of likely N-dealkylation sites (tertiary alicyclic amines) is 1. The van der Waals surface area contributed by atoms with Crippen LogP contribution in [0.3, 0.4) is 0 Å². The van der Waals surface area contributed by atoms with E-state index in [-0.39, 0.29) is 5.91 Å². The van der Waals surface area contributed by atoms with Crippen molar-refractivity contribution in [1.29, 1.82) is 0 Å². The normalized spacial score (nSPS) is 17.3. The number of methoxy groups -OCH3 is 1. The number of carbonyl (C=O) groups is 1. The third-order valence-corrected chi connectivity index (χ3v) is 3.38. The Morgan fingerprint density at radius 3 is 2.89 bits per heavy atom. The number of piperidine rings is 1. The van der Waals surface area contributed by atoms with Gasteiger partial charge in [-0.15, -0.1) is 0 Å². The van der Waals surface area contributed by atoms with Crippen molar-refractivity contribution < 1.29 is 9.53 Å². The van der Waals surface area contributed by atoms with Gasteiger partial charge in [-0.3, -0.25) is 9.78 Å². The van der Waals surface area contributed by atoms with Crippen LogP contribution in [0.5, 0.6) is 0 Å². The standard InChI is InChI=1S/C13H20N4O2/c1-19-11-2-7-17(8-3-11)9-6-16-13(18)12-10-14-4-5-15-12/h4-5,10-11H,2-3,6-9H2,1H3,(H,16,18). The number of aromatic nitrogens is 2. The van der Waals surface area contributed by atoms with E-state index in [1.165, 1.54) is 12.4 Å². The molecule has 0 saturated carbocycles. The fourth-order valence-electron chi connectivity index (χ4n) is 2.20. The van der Waals surface area contributed by atoms with E-state index in [1.54, 1.807) is 13.3 Å². The Morgan fingerprint density at radius 2 is 2.26 bits per heavy atom. The van der Waals surface area contributed by atoms with Crippen molar-refractivity contribution in [2.45, 2.75) is 18.9 Å². The number of hydrogen-bond donors (Lipinski definition) is 1. The molecule has 6 nitrogen and oxygen atoms in total. The summed E-state index contributed by atoms with van der Waals surface area (Å²) >= 11 is 0. The molecule has 0 atom stereocenters. The van der Waals surface area contributed by atoms with Crippen LogP contribution in [0.25, 0.3) is 0 Å². The molecule has 1 fully saturated rings. The van der Waals surface area contributed by atoms with Gasteiger partial charge >= 0.3 is 0 Å². The Labute approximate surface area is 113 Å². The zero-order chi connectivity index (χ0) is 13.5. The number of nitrogens with zero attached hydrogens (tertiary/aromatic N) is 3. The molecule has 1 aromatic rings. The van der Waals surface area contributed by atoms with Gasteiger partial charge in [0.1, 0.15) is 5.69 Å². The number of carbonyl (C=O) groups excluding carboxylic acids is 1. The summed E-state index contributed by atoms with van der Waals surface area (Å²) in [5, 5.41) is 2.86. The van der Waals surface area contributed by atoms with Gasteiger partial charge in [-0.2, -0.15) is 0 Å².